The summed E-state index contributed by atoms with van der Waals surface area (Å²) >= 11 is 0. The number of nitrogens with zero attached hydrogens (tertiary/aromatic N) is 2. The van der Waals surface area contributed by atoms with Crippen LogP contribution in [0.2, 0.25) is 0 Å². The Labute approximate surface area is 110 Å². The third kappa shape index (κ3) is 3.00. The van der Waals surface area contributed by atoms with Crippen LogP contribution in [0, 0.1) is 0 Å². The average molecular weight is 248 g/mol. The van der Waals surface area contributed by atoms with Gasteiger partial charge in [-0.3, -0.25) is 0 Å². The highest BCUT2D eigenvalue weighted by atomic mass is 15.3. The van der Waals surface area contributed by atoms with Crippen LogP contribution in [0.4, 0.5) is 5.82 Å². The van der Waals surface area contributed by atoms with E-state index in [0.717, 1.165) is 31.0 Å². The molecule has 4 heteroatoms. The van der Waals surface area contributed by atoms with Crippen molar-refractivity contribution in [1.82, 2.24) is 10.3 Å². The number of hydrogen-bond donors (Lipinski definition) is 2. The lowest BCUT2D eigenvalue weighted by Gasteiger charge is -2.37. The van der Waals surface area contributed by atoms with Crippen LogP contribution in [0.15, 0.2) is 18.2 Å². The molecule has 2 rings (SSSR count). The normalized spacial score (nSPS) is 26.1. The van der Waals surface area contributed by atoms with Gasteiger partial charge in [0, 0.05) is 31.2 Å². The highest BCUT2D eigenvalue weighted by Gasteiger charge is 2.22. The van der Waals surface area contributed by atoms with Gasteiger partial charge in [-0.15, -0.1) is 0 Å². The number of rotatable bonds is 3. The van der Waals surface area contributed by atoms with Crippen LogP contribution in [-0.4, -0.2) is 30.2 Å². The van der Waals surface area contributed by atoms with Crippen LogP contribution < -0.4 is 16.0 Å². The molecule has 2 heterocycles. The number of anilines is 1. The maximum absolute atomic E-state index is 6.05. The van der Waals surface area contributed by atoms with E-state index in [1.54, 1.807) is 0 Å². The largest absolute Gasteiger partial charge is 0.354 e. The van der Waals surface area contributed by atoms with Gasteiger partial charge in [0.1, 0.15) is 5.82 Å². The third-order valence-corrected chi connectivity index (χ3v) is 3.46. The molecular weight excluding hydrogens is 224 g/mol. The first-order valence-corrected chi connectivity index (χ1v) is 6.83. The summed E-state index contributed by atoms with van der Waals surface area (Å²) in [4.78, 5) is 7.05. The predicted molar refractivity (Wildman–Crippen MR) is 75.7 cm³/mol. The van der Waals surface area contributed by atoms with Crippen molar-refractivity contribution in [1.29, 1.82) is 0 Å². The lowest BCUT2D eigenvalue weighted by atomic mass is 10.1. The van der Waals surface area contributed by atoms with E-state index in [1.165, 1.54) is 0 Å². The van der Waals surface area contributed by atoms with Crippen molar-refractivity contribution in [3.63, 3.8) is 0 Å². The SMILES string of the molecule is CCC(N)c1cccc(N2C[C@@H](C)N[C@@H](C)C2)n1. The number of aromatic nitrogens is 1. The van der Waals surface area contributed by atoms with Crippen molar-refractivity contribution in [2.45, 2.75) is 45.3 Å². The lowest BCUT2D eigenvalue weighted by Crippen LogP contribution is -2.54. The molecule has 1 saturated heterocycles. The van der Waals surface area contributed by atoms with Gasteiger partial charge in [-0.2, -0.15) is 0 Å². The van der Waals surface area contributed by atoms with Gasteiger partial charge in [0.05, 0.1) is 5.69 Å². The molecule has 18 heavy (non-hydrogen) atoms. The molecule has 0 aromatic carbocycles. The Balaban J connectivity index is 2.17. The van der Waals surface area contributed by atoms with E-state index in [4.69, 9.17) is 10.7 Å². The Bertz CT molecular complexity index is 383. The summed E-state index contributed by atoms with van der Waals surface area (Å²) in [6, 6.07) is 7.20. The smallest absolute Gasteiger partial charge is 0.128 e. The summed E-state index contributed by atoms with van der Waals surface area (Å²) in [5.74, 6) is 1.05. The van der Waals surface area contributed by atoms with Crippen LogP contribution in [0.5, 0.6) is 0 Å². The van der Waals surface area contributed by atoms with E-state index in [-0.39, 0.29) is 6.04 Å². The van der Waals surface area contributed by atoms with Gasteiger partial charge >= 0.3 is 0 Å². The van der Waals surface area contributed by atoms with Crippen LogP contribution in [-0.2, 0) is 0 Å². The van der Waals surface area contributed by atoms with E-state index < -0.39 is 0 Å². The molecule has 3 N–H and O–H groups in total. The monoisotopic (exact) mass is 248 g/mol. The summed E-state index contributed by atoms with van der Waals surface area (Å²) in [6.07, 6.45) is 0.921. The van der Waals surface area contributed by atoms with Gasteiger partial charge in [0.2, 0.25) is 0 Å². The van der Waals surface area contributed by atoms with E-state index in [2.05, 4.69) is 43.1 Å². The second kappa shape index (κ2) is 5.67. The van der Waals surface area contributed by atoms with Gasteiger partial charge in [-0.05, 0) is 32.4 Å². The molecule has 100 valence electrons. The van der Waals surface area contributed by atoms with Crippen LogP contribution in [0.1, 0.15) is 38.9 Å². The van der Waals surface area contributed by atoms with E-state index >= 15 is 0 Å². The number of piperazine rings is 1. The summed E-state index contributed by atoms with van der Waals surface area (Å²) in [5, 5.41) is 3.53. The molecule has 0 bridgehead atoms. The second-order valence-corrected chi connectivity index (χ2v) is 5.31. The van der Waals surface area contributed by atoms with Crippen molar-refractivity contribution in [3.8, 4) is 0 Å². The third-order valence-electron chi connectivity index (χ3n) is 3.46. The predicted octanol–water partition coefficient (Wildman–Crippen LogP) is 1.68. The molecule has 3 atom stereocenters. The van der Waals surface area contributed by atoms with Crippen molar-refractivity contribution in [2.75, 3.05) is 18.0 Å². The number of pyridine rings is 1. The number of nitrogens with two attached hydrogens (primary N) is 1. The molecule has 0 aliphatic carbocycles. The van der Waals surface area contributed by atoms with Gasteiger partial charge in [-0.25, -0.2) is 4.98 Å². The summed E-state index contributed by atoms with van der Waals surface area (Å²) in [5.41, 5.74) is 7.05. The number of hydrogen-bond acceptors (Lipinski definition) is 4. The second-order valence-electron chi connectivity index (χ2n) is 5.31. The molecule has 1 fully saturated rings. The molecule has 1 aromatic rings. The molecule has 1 aliphatic heterocycles. The maximum atomic E-state index is 6.05. The average Bonchev–Trinajstić information content (AvgIpc) is 2.37. The maximum Gasteiger partial charge on any atom is 0.128 e. The van der Waals surface area contributed by atoms with Crippen molar-refractivity contribution in [2.24, 2.45) is 5.73 Å². The van der Waals surface area contributed by atoms with Gasteiger partial charge in [0.15, 0.2) is 0 Å². The molecular formula is C14H24N4. The molecule has 4 nitrogen and oxygen atoms in total. The summed E-state index contributed by atoms with van der Waals surface area (Å²) in [6.45, 7) is 8.52. The Morgan fingerprint density at radius 2 is 2.06 bits per heavy atom. The van der Waals surface area contributed by atoms with Gasteiger partial charge in [0.25, 0.3) is 0 Å². The van der Waals surface area contributed by atoms with Crippen LogP contribution in [0.25, 0.3) is 0 Å². The first kappa shape index (κ1) is 13.3. The van der Waals surface area contributed by atoms with E-state index in [0.29, 0.717) is 12.1 Å². The van der Waals surface area contributed by atoms with Crippen LogP contribution >= 0.6 is 0 Å². The highest BCUT2D eigenvalue weighted by Crippen LogP contribution is 2.19. The van der Waals surface area contributed by atoms with Gasteiger partial charge < -0.3 is 16.0 Å². The fourth-order valence-corrected chi connectivity index (χ4v) is 2.55. The molecule has 1 aromatic heterocycles. The fraction of sp³-hybridized carbons (Fsp3) is 0.643. The fourth-order valence-electron chi connectivity index (χ4n) is 2.55. The molecule has 1 unspecified atom stereocenters. The zero-order valence-electron chi connectivity index (χ0n) is 11.6. The Morgan fingerprint density at radius 1 is 1.39 bits per heavy atom. The highest BCUT2D eigenvalue weighted by molar-refractivity contribution is 5.41. The minimum atomic E-state index is 0.0442. The lowest BCUT2D eigenvalue weighted by molar-refractivity contribution is 0.405. The Kier molecular flexibility index (Phi) is 4.19. The van der Waals surface area contributed by atoms with Crippen molar-refractivity contribution >= 4 is 5.82 Å². The zero-order chi connectivity index (χ0) is 13.1. The summed E-state index contributed by atoms with van der Waals surface area (Å²) in [7, 11) is 0. The quantitative estimate of drug-likeness (QED) is 0.854. The first-order valence-electron chi connectivity index (χ1n) is 6.83. The summed E-state index contributed by atoms with van der Waals surface area (Å²) < 4.78 is 0. The van der Waals surface area contributed by atoms with Gasteiger partial charge in [-0.1, -0.05) is 13.0 Å². The Hall–Kier alpha value is -1.13. The Morgan fingerprint density at radius 3 is 2.67 bits per heavy atom. The van der Waals surface area contributed by atoms with E-state index in [1.807, 2.05) is 6.07 Å². The topological polar surface area (TPSA) is 54.2 Å². The van der Waals surface area contributed by atoms with E-state index in [9.17, 15) is 0 Å². The minimum absolute atomic E-state index is 0.0442. The van der Waals surface area contributed by atoms with Crippen molar-refractivity contribution in [3.05, 3.63) is 23.9 Å². The standard InChI is InChI=1S/C14H24N4/c1-4-12(15)13-6-5-7-14(17-13)18-8-10(2)16-11(3)9-18/h5-7,10-12,16H,4,8-9,15H2,1-3H3/t10-,11+,12?. The molecule has 0 radical (unpaired) electrons. The number of nitrogens with one attached hydrogen (secondary N) is 1. The molecule has 0 spiro atoms. The molecule has 0 saturated carbocycles. The van der Waals surface area contributed by atoms with Crippen molar-refractivity contribution < 1.29 is 0 Å². The molecule has 1 aliphatic rings. The van der Waals surface area contributed by atoms with Crippen LogP contribution in [0.3, 0.4) is 0 Å². The first-order chi connectivity index (χ1) is 8.60. The molecule has 0 amide bonds. The zero-order valence-corrected chi connectivity index (χ0v) is 11.6. The minimum Gasteiger partial charge on any atom is -0.354 e.